The summed E-state index contributed by atoms with van der Waals surface area (Å²) >= 11 is 1.67. The van der Waals surface area contributed by atoms with Gasteiger partial charge in [-0.15, -0.1) is 11.3 Å². The van der Waals surface area contributed by atoms with Crippen LogP contribution in [0, 0.1) is 19.8 Å². The van der Waals surface area contributed by atoms with Crippen molar-refractivity contribution in [2.24, 2.45) is 5.92 Å². The van der Waals surface area contributed by atoms with Gasteiger partial charge in [0, 0.05) is 34.6 Å². The molecule has 4 rings (SSSR count). The molecule has 1 amide bonds. The van der Waals surface area contributed by atoms with E-state index in [0.717, 1.165) is 61.6 Å². The van der Waals surface area contributed by atoms with E-state index in [1.54, 1.807) is 11.3 Å². The van der Waals surface area contributed by atoms with E-state index in [-0.39, 0.29) is 17.9 Å². The molecule has 1 aliphatic carbocycles. The Morgan fingerprint density at radius 3 is 2.34 bits per heavy atom. The minimum absolute atomic E-state index is 0.0226. The lowest BCUT2D eigenvalue weighted by Gasteiger charge is -2.29. The molecule has 2 fully saturated rings. The third-order valence-corrected chi connectivity index (χ3v) is 7.78. The van der Waals surface area contributed by atoms with Crippen molar-refractivity contribution < 1.29 is 19.4 Å². The van der Waals surface area contributed by atoms with E-state index < -0.39 is 5.97 Å². The highest BCUT2D eigenvalue weighted by Crippen LogP contribution is 2.31. The van der Waals surface area contributed by atoms with Gasteiger partial charge in [-0.25, -0.2) is 0 Å². The summed E-state index contributed by atoms with van der Waals surface area (Å²) in [5, 5.41) is 12.4. The lowest BCUT2D eigenvalue weighted by atomic mass is 9.86. The van der Waals surface area contributed by atoms with Crippen LogP contribution in [0.5, 0.6) is 0 Å². The number of nitrogens with one attached hydrogen (secondary N) is 1. The summed E-state index contributed by atoms with van der Waals surface area (Å²) in [5.74, 6) is -1.02. The van der Waals surface area contributed by atoms with E-state index in [4.69, 9.17) is 4.74 Å². The van der Waals surface area contributed by atoms with Crippen LogP contribution in [-0.4, -0.2) is 49.3 Å². The van der Waals surface area contributed by atoms with Crippen molar-refractivity contribution in [3.8, 4) is 0 Å². The van der Waals surface area contributed by atoms with Crippen LogP contribution < -0.4 is 10.2 Å². The SMILES string of the molecule is Cc1sc(C)c(C(=O)NC2CCC(C(=O)O)CC2)c1Cc1ccc(N2CCOCC2)cc1. The van der Waals surface area contributed by atoms with Crippen molar-refractivity contribution in [2.75, 3.05) is 31.2 Å². The first-order chi connectivity index (χ1) is 15.4. The van der Waals surface area contributed by atoms with Crippen LogP contribution in [0.1, 0.15) is 56.9 Å². The highest BCUT2D eigenvalue weighted by atomic mass is 32.1. The third kappa shape index (κ3) is 5.15. The molecule has 2 aliphatic rings. The Morgan fingerprint density at radius 1 is 1.06 bits per heavy atom. The summed E-state index contributed by atoms with van der Waals surface area (Å²) in [6.07, 6.45) is 3.44. The molecule has 32 heavy (non-hydrogen) atoms. The second-order valence-electron chi connectivity index (χ2n) is 8.87. The van der Waals surface area contributed by atoms with Crippen LogP contribution >= 0.6 is 11.3 Å². The molecule has 1 aromatic heterocycles. The average Bonchev–Trinajstić information content (AvgIpc) is 3.08. The summed E-state index contributed by atoms with van der Waals surface area (Å²) in [4.78, 5) is 28.9. The molecule has 6 nitrogen and oxygen atoms in total. The number of nitrogens with zero attached hydrogens (tertiary/aromatic N) is 1. The molecular weight excluding hydrogens is 424 g/mol. The number of morpholine rings is 1. The molecule has 1 aromatic carbocycles. The Balaban J connectivity index is 1.44. The lowest BCUT2D eigenvalue weighted by Crippen LogP contribution is -2.39. The number of anilines is 1. The Bertz CT molecular complexity index is 955. The molecule has 7 heteroatoms. The summed E-state index contributed by atoms with van der Waals surface area (Å²) in [6, 6.07) is 8.70. The molecule has 0 spiro atoms. The van der Waals surface area contributed by atoms with Gasteiger partial charge in [0.15, 0.2) is 0 Å². The van der Waals surface area contributed by atoms with Gasteiger partial charge in [-0.3, -0.25) is 9.59 Å². The second-order valence-corrected chi connectivity index (χ2v) is 10.3. The molecule has 0 atom stereocenters. The van der Waals surface area contributed by atoms with Crippen LogP contribution in [0.4, 0.5) is 5.69 Å². The smallest absolute Gasteiger partial charge is 0.306 e. The molecule has 2 aromatic rings. The molecule has 1 saturated heterocycles. The maximum absolute atomic E-state index is 13.2. The number of carboxylic acid groups (broad SMARTS) is 1. The van der Waals surface area contributed by atoms with Crippen molar-refractivity contribution in [3.05, 3.63) is 50.7 Å². The standard InChI is InChI=1S/C25H32N2O4S/c1-16-22(15-18-3-9-21(10-4-18)27-11-13-31-14-12-27)23(17(2)32-16)24(28)26-20-7-5-19(6-8-20)25(29)30/h3-4,9-10,19-20H,5-8,11-15H2,1-2H3,(H,26,28)(H,29,30). The van der Waals surface area contributed by atoms with Gasteiger partial charge >= 0.3 is 5.97 Å². The topological polar surface area (TPSA) is 78.9 Å². The van der Waals surface area contributed by atoms with Crippen LogP contribution in [-0.2, 0) is 16.0 Å². The molecule has 0 unspecified atom stereocenters. The molecule has 0 radical (unpaired) electrons. The maximum Gasteiger partial charge on any atom is 0.306 e. The Hall–Kier alpha value is -2.38. The highest BCUT2D eigenvalue weighted by Gasteiger charge is 2.28. The molecule has 2 N–H and O–H groups in total. The van der Waals surface area contributed by atoms with Crippen molar-refractivity contribution in [1.82, 2.24) is 5.32 Å². The summed E-state index contributed by atoms with van der Waals surface area (Å²) < 4.78 is 5.44. The maximum atomic E-state index is 13.2. The predicted octanol–water partition coefficient (Wildman–Crippen LogP) is 4.17. The van der Waals surface area contributed by atoms with E-state index in [2.05, 4.69) is 41.4 Å². The minimum Gasteiger partial charge on any atom is -0.481 e. The fourth-order valence-electron chi connectivity index (χ4n) is 4.83. The summed E-state index contributed by atoms with van der Waals surface area (Å²) in [5.41, 5.74) is 4.30. The van der Waals surface area contributed by atoms with Gasteiger partial charge in [-0.2, -0.15) is 0 Å². The van der Waals surface area contributed by atoms with Crippen molar-refractivity contribution in [2.45, 2.75) is 52.0 Å². The summed E-state index contributed by atoms with van der Waals surface area (Å²) in [6.45, 7) is 7.47. The van der Waals surface area contributed by atoms with Crippen molar-refractivity contribution in [3.63, 3.8) is 0 Å². The number of aryl methyl sites for hydroxylation is 2. The largest absolute Gasteiger partial charge is 0.481 e. The molecule has 1 saturated carbocycles. The zero-order chi connectivity index (χ0) is 22.7. The van der Waals surface area contributed by atoms with Gasteiger partial charge < -0.3 is 20.1 Å². The molecule has 172 valence electrons. The van der Waals surface area contributed by atoms with Crippen LogP contribution in [0.3, 0.4) is 0 Å². The molecule has 0 bridgehead atoms. The normalized spacial score (nSPS) is 21.4. The number of aliphatic carboxylic acids is 1. The zero-order valence-corrected chi connectivity index (χ0v) is 19.7. The number of benzene rings is 1. The van der Waals surface area contributed by atoms with Gasteiger partial charge in [0.2, 0.25) is 0 Å². The van der Waals surface area contributed by atoms with Crippen LogP contribution in [0.25, 0.3) is 0 Å². The summed E-state index contributed by atoms with van der Waals surface area (Å²) in [7, 11) is 0. The second kappa shape index (κ2) is 10.0. The minimum atomic E-state index is -0.721. The van der Waals surface area contributed by atoms with Gasteiger partial charge in [0.25, 0.3) is 5.91 Å². The number of hydrogen-bond donors (Lipinski definition) is 2. The first-order valence-corrected chi connectivity index (χ1v) is 12.3. The number of ether oxygens (including phenoxy) is 1. The third-order valence-electron chi connectivity index (χ3n) is 6.72. The number of carbonyl (C=O) groups excluding carboxylic acids is 1. The molecule has 1 aliphatic heterocycles. The zero-order valence-electron chi connectivity index (χ0n) is 18.9. The number of hydrogen-bond acceptors (Lipinski definition) is 5. The predicted molar refractivity (Wildman–Crippen MR) is 127 cm³/mol. The first-order valence-electron chi connectivity index (χ1n) is 11.5. The number of carboxylic acids is 1. The van der Waals surface area contributed by atoms with E-state index in [1.165, 1.54) is 16.1 Å². The fourth-order valence-corrected chi connectivity index (χ4v) is 5.91. The van der Waals surface area contributed by atoms with Crippen molar-refractivity contribution >= 4 is 28.9 Å². The number of thiophene rings is 1. The molecule has 2 heterocycles. The quantitative estimate of drug-likeness (QED) is 0.682. The van der Waals surface area contributed by atoms with Crippen molar-refractivity contribution in [1.29, 1.82) is 0 Å². The van der Waals surface area contributed by atoms with Gasteiger partial charge in [-0.1, -0.05) is 12.1 Å². The molecular formula is C25H32N2O4S. The average molecular weight is 457 g/mol. The van der Waals surface area contributed by atoms with Crippen LogP contribution in [0.15, 0.2) is 24.3 Å². The monoisotopic (exact) mass is 456 g/mol. The highest BCUT2D eigenvalue weighted by molar-refractivity contribution is 7.12. The van der Waals surface area contributed by atoms with E-state index in [9.17, 15) is 14.7 Å². The Kier molecular flexibility index (Phi) is 7.16. The van der Waals surface area contributed by atoms with Crippen LogP contribution in [0.2, 0.25) is 0 Å². The van der Waals surface area contributed by atoms with E-state index in [1.807, 2.05) is 6.92 Å². The lowest BCUT2D eigenvalue weighted by molar-refractivity contribution is -0.142. The Labute approximate surface area is 193 Å². The van der Waals surface area contributed by atoms with Gasteiger partial charge in [0.05, 0.1) is 24.7 Å². The first kappa shape index (κ1) is 22.8. The Morgan fingerprint density at radius 2 is 1.72 bits per heavy atom. The fraction of sp³-hybridized carbons (Fsp3) is 0.520. The number of carbonyl (C=O) groups is 2. The van der Waals surface area contributed by atoms with E-state index in [0.29, 0.717) is 12.8 Å². The number of rotatable bonds is 6. The van der Waals surface area contributed by atoms with E-state index >= 15 is 0 Å². The van der Waals surface area contributed by atoms with Gasteiger partial charge in [-0.05, 0) is 69.2 Å². The van der Waals surface area contributed by atoms with Gasteiger partial charge in [0.1, 0.15) is 0 Å². The number of amides is 1.